The monoisotopic (exact) mass is 236 g/mol. The van der Waals surface area contributed by atoms with Gasteiger partial charge in [0.15, 0.2) is 5.12 Å². The molecule has 76 valence electrons. The molecule has 2 aromatic rings. The summed E-state index contributed by atoms with van der Waals surface area (Å²) in [7, 11) is 0. The van der Waals surface area contributed by atoms with Crippen molar-refractivity contribution in [2.75, 3.05) is 0 Å². The van der Waals surface area contributed by atoms with Crippen LogP contribution in [0.15, 0.2) is 29.9 Å². The van der Waals surface area contributed by atoms with Gasteiger partial charge in [0.25, 0.3) is 0 Å². The standard InChI is InChI=1S/C10H8N2OS2/c13-10(14)5-9-12-8(6-15-9)7-1-3-11-4-2-7/h1-4,6H,5H2,(H,13,14). The second-order valence-corrected chi connectivity index (χ2v) is 4.37. The number of hydrogen-bond acceptors (Lipinski definition) is 4. The molecule has 0 saturated carbocycles. The number of thiazole rings is 1. The molecule has 3 nitrogen and oxygen atoms in total. The molecule has 0 bridgehead atoms. The summed E-state index contributed by atoms with van der Waals surface area (Å²) in [5.41, 5.74) is 1.89. The van der Waals surface area contributed by atoms with E-state index in [4.69, 9.17) is 0 Å². The summed E-state index contributed by atoms with van der Waals surface area (Å²) in [5.74, 6) is 0. The lowest BCUT2D eigenvalue weighted by molar-refractivity contribution is -0.110. The molecule has 15 heavy (non-hydrogen) atoms. The first kappa shape index (κ1) is 10.3. The van der Waals surface area contributed by atoms with Gasteiger partial charge in [0.2, 0.25) is 0 Å². The fraction of sp³-hybridized carbons (Fsp3) is 0.100. The van der Waals surface area contributed by atoms with Gasteiger partial charge in [0.1, 0.15) is 5.01 Å². The number of nitrogens with zero attached hydrogens (tertiary/aromatic N) is 2. The molecule has 2 rings (SSSR count). The molecule has 0 radical (unpaired) electrons. The minimum absolute atomic E-state index is 0.161. The van der Waals surface area contributed by atoms with E-state index < -0.39 is 0 Å². The van der Waals surface area contributed by atoms with Crippen molar-refractivity contribution < 1.29 is 4.79 Å². The van der Waals surface area contributed by atoms with Crippen LogP contribution in [0.3, 0.4) is 0 Å². The summed E-state index contributed by atoms with van der Waals surface area (Å²) < 4.78 is 0. The van der Waals surface area contributed by atoms with E-state index >= 15 is 0 Å². The quantitative estimate of drug-likeness (QED) is 0.831. The van der Waals surface area contributed by atoms with Crippen LogP contribution in [0.2, 0.25) is 0 Å². The number of rotatable bonds is 3. The van der Waals surface area contributed by atoms with E-state index in [1.165, 1.54) is 11.3 Å². The number of thiol groups is 1. The molecule has 0 N–H and O–H groups in total. The molecule has 0 aliphatic carbocycles. The lowest BCUT2D eigenvalue weighted by Crippen LogP contribution is -1.92. The van der Waals surface area contributed by atoms with Gasteiger partial charge in [-0.1, -0.05) is 0 Å². The fourth-order valence-electron chi connectivity index (χ4n) is 1.18. The zero-order valence-electron chi connectivity index (χ0n) is 7.75. The normalized spacial score (nSPS) is 10.2. The van der Waals surface area contributed by atoms with Crippen LogP contribution < -0.4 is 0 Å². The maximum Gasteiger partial charge on any atom is 0.192 e. The average molecular weight is 236 g/mol. The molecule has 0 saturated heterocycles. The number of aromatic nitrogens is 2. The van der Waals surface area contributed by atoms with Gasteiger partial charge in [-0.3, -0.25) is 9.78 Å². The predicted octanol–water partition coefficient (Wildman–Crippen LogP) is 2.20. The lowest BCUT2D eigenvalue weighted by Gasteiger charge is -1.93. The minimum atomic E-state index is -0.161. The number of hydrogen-bond donors (Lipinski definition) is 1. The summed E-state index contributed by atoms with van der Waals surface area (Å²) in [6.07, 6.45) is 3.73. The van der Waals surface area contributed by atoms with Crippen LogP contribution in [0, 0.1) is 0 Å². The molecule has 2 heterocycles. The van der Waals surface area contributed by atoms with Gasteiger partial charge >= 0.3 is 0 Å². The summed E-state index contributed by atoms with van der Waals surface area (Å²) in [4.78, 5) is 19.1. The van der Waals surface area contributed by atoms with Crippen LogP contribution in [0.1, 0.15) is 5.01 Å². The van der Waals surface area contributed by atoms with Crippen molar-refractivity contribution in [2.24, 2.45) is 0 Å². The highest BCUT2D eigenvalue weighted by atomic mass is 32.1. The van der Waals surface area contributed by atoms with E-state index in [2.05, 4.69) is 22.6 Å². The molecule has 0 amide bonds. The van der Waals surface area contributed by atoms with Crippen LogP contribution in [-0.2, 0) is 11.2 Å². The van der Waals surface area contributed by atoms with Gasteiger partial charge < -0.3 is 0 Å². The molecule has 0 aromatic carbocycles. The van der Waals surface area contributed by atoms with E-state index in [-0.39, 0.29) is 5.12 Å². The highest BCUT2D eigenvalue weighted by Gasteiger charge is 2.06. The Kier molecular flexibility index (Phi) is 3.13. The molecular weight excluding hydrogens is 228 g/mol. The SMILES string of the molecule is O=C(S)Cc1nc(-c2ccncc2)cs1. The van der Waals surface area contributed by atoms with Crippen molar-refractivity contribution in [1.82, 2.24) is 9.97 Å². The second-order valence-electron chi connectivity index (χ2n) is 2.93. The highest BCUT2D eigenvalue weighted by molar-refractivity contribution is 7.96. The number of carbonyl (C=O) groups is 1. The van der Waals surface area contributed by atoms with Crippen LogP contribution in [0.25, 0.3) is 11.3 Å². The van der Waals surface area contributed by atoms with Gasteiger partial charge in [-0.05, 0) is 12.1 Å². The Morgan fingerprint density at radius 1 is 1.40 bits per heavy atom. The maximum absolute atomic E-state index is 10.8. The average Bonchev–Trinajstić information content (AvgIpc) is 2.67. The van der Waals surface area contributed by atoms with Crippen LogP contribution >= 0.6 is 24.0 Å². The first-order valence-electron chi connectivity index (χ1n) is 4.32. The zero-order valence-corrected chi connectivity index (χ0v) is 9.46. The molecule has 2 aromatic heterocycles. The third-order valence-electron chi connectivity index (χ3n) is 1.83. The third kappa shape index (κ3) is 2.64. The van der Waals surface area contributed by atoms with Gasteiger partial charge in [0.05, 0.1) is 12.1 Å². The molecule has 0 aliphatic heterocycles. The van der Waals surface area contributed by atoms with Crippen LogP contribution in [0.4, 0.5) is 0 Å². The zero-order chi connectivity index (χ0) is 10.7. The van der Waals surface area contributed by atoms with E-state index in [9.17, 15) is 4.79 Å². The second kappa shape index (κ2) is 4.55. The van der Waals surface area contributed by atoms with Gasteiger partial charge in [-0.25, -0.2) is 4.98 Å². The Hall–Kier alpha value is -1.20. The molecule has 0 spiro atoms. The Morgan fingerprint density at radius 3 is 2.80 bits per heavy atom. The smallest absolute Gasteiger partial charge is 0.192 e. The topological polar surface area (TPSA) is 42.9 Å². The van der Waals surface area contributed by atoms with Crippen molar-refractivity contribution in [3.05, 3.63) is 34.9 Å². The summed E-state index contributed by atoms with van der Waals surface area (Å²) in [5, 5.41) is 2.56. The molecule has 0 aliphatic rings. The number of carbonyl (C=O) groups excluding carboxylic acids is 1. The van der Waals surface area contributed by atoms with Crippen LogP contribution in [-0.4, -0.2) is 15.1 Å². The van der Waals surface area contributed by atoms with E-state index in [1.807, 2.05) is 17.5 Å². The van der Waals surface area contributed by atoms with E-state index in [1.54, 1.807) is 12.4 Å². The Morgan fingerprint density at radius 2 is 2.13 bits per heavy atom. The molecule has 5 heteroatoms. The Labute approximate surface area is 96.6 Å². The van der Waals surface area contributed by atoms with Crippen molar-refractivity contribution in [3.63, 3.8) is 0 Å². The minimum Gasteiger partial charge on any atom is -0.287 e. The summed E-state index contributed by atoms with van der Waals surface area (Å²) in [6.45, 7) is 0. The Balaban J connectivity index is 2.24. The first-order chi connectivity index (χ1) is 7.25. The molecule has 0 fully saturated rings. The van der Waals surface area contributed by atoms with Crippen molar-refractivity contribution >= 4 is 29.1 Å². The molecular formula is C10H8N2OS2. The highest BCUT2D eigenvalue weighted by Crippen LogP contribution is 2.21. The van der Waals surface area contributed by atoms with Crippen LogP contribution in [0.5, 0.6) is 0 Å². The van der Waals surface area contributed by atoms with E-state index in [0.717, 1.165) is 16.3 Å². The summed E-state index contributed by atoms with van der Waals surface area (Å²) in [6, 6.07) is 3.78. The van der Waals surface area contributed by atoms with Crippen molar-refractivity contribution in [3.8, 4) is 11.3 Å². The van der Waals surface area contributed by atoms with E-state index in [0.29, 0.717) is 6.42 Å². The maximum atomic E-state index is 10.8. The Bertz CT molecular complexity index is 467. The molecule has 0 atom stereocenters. The fourth-order valence-corrected chi connectivity index (χ4v) is 2.24. The largest absolute Gasteiger partial charge is 0.287 e. The van der Waals surface area contributed by atoms with Crippen molar-refractivity contribution in [1.29, 1.82) is 0 Å². The summed E-state index contributed by atoms with van der Waals surface area (Å²) >= 11 is 5.20. The number of pyridine rings is 1. The lowest BCUT2D eigenvalue weighted by atomic mass is 10.2. The van der Waals surface area contributed by atoms with Gasteiger partial charge in [-0.2, -0.15) is 0 Å². The third-order valence-corrected chi connectivity index (χ3v) is 2.84. The van der Waals surface area contributed by atoms with Crippen molar-refractivity contribution in [2.45, 2.75) is 6.42 Å². The van der Waals surface area contributed by atoms with Gasteiger partial charge in [-0.15, -0.1) is 24.0 Å². The molecule has 0 unspecified atom stereocenters. The predicted molar refractivity (Wildman–Crippen MR) is 63.0 cm³/mol. The first-order valence-corrected chi connectivity index (χ1v) is 5.65. The van der Waals surface area contributed by atoms with Gasteiger partial charge in [0, 0.05) is 23.3 Å².